The zero-order chi connectivity index (χ0) is 12.5. The molecule has 88 valence electrons. The summed E-state index contributed by atoms with van der Waals surface area (Å²) in [6.45, 7) is 0. The summed E-state index contributed by atoms with van der Waals surface area (Å²) in [5, 5.41) is 0. The van der Waals surface area contributed by atoms with Crippen LogP contribution < -0.4 is 0 Å². The van der Waals surface area contributed by atoms with Gasteiger partial charge in [0, 0.05) is 16.7 Å². The minimum Gasteiger partial charge on any atom is -0.251 e. The highest BCUT2D eigenvalue weighted by Crippen LogP contribution is 2.37. The van der Waals surface area contributed by atoms with E-state index in [4.69, 9.17) is 0 Å². The first-order valence-corrected chi connectivity index (χ1v) is 5.25. The van der Waals surface area contributed by atoms with Crippen molar-refractivity contribution in [2.24, 2.45) is 0 Å². The van der Waals surface area contributed by atoms with Crippen LogP contribution in [0.2, 0.25) is 0 Å². The number of nitrogens with zero attached hydrogens (tertiary/aromatic N) is 1. The van der Waals surface area contributed by atoms with Gasteiger partial charge in [-0.3, -0.25) is 4.98 Å². The molecule has 1 aromatic carbocycles. The van der Waals surface area contributed by atoms with E-state index in [2.05, 4.69) is 17.6 Å². The van der Waals surface area contributed by atoms with E-state index in [-0.39, 0.29) is 5.56 Å². The predicted molar refractivity (Wildman–Crippen MR) is 61.9 cm³/mol. The van der Waals surface area contributed by atoms with E-state index in [1.807, 2.05) is 0 Å². The fourth-order valence-corrected chi connectivity index (χ4v) is 1.83. The third kappa shape index (κ3) is 2.44. The van der Waals surface area contributed by atoms with Crippen molar-refractivity contribution in [3.8, 4) is 11.1 Å². The normalized spacial score (nSPS) is 11.5. The molecule has 1 nitrogen and oxygen atoms in total. The van der Waals surface area contributed by atoms with Gasteiger partial charge >= 0.3 is 6.18 Å². The molecule has 0 radical (unpaired) electrons. The third-order valence-electron chi connectivity index (χ3n) is 2.27. The average Bonchev–Trinajstić information content (AvgIpc) is 2.28. The molecule has 0 aliphatic heterocycles. The van der Waals surface area contributed by atoms with E-state index >= 15 is 0 Å². The van der Waals surface area contributed by atoms with Crippen molar-refractivity contribution in [1.82, 2.24) is 4.98 Å². The number of alkyl halides is 3. The highest BCUT2D eigenvalue weighted by Gasteiger charge is 2.35. The summed E-state index contributed by atoms with van der Waals surface area (Å²) >= 11 is 4.16. The van der Waals surface area contributed by atoms with Crippen LogP contribution in [0.15, 0.2) is 47.5 Å². The molecule has 0 unspecified atom stereocenters. The molecule has 17 heavy (non-hydrogen) atoms. The molecule has 0 spiro atoms. The summed E-state index contributed by atoms with van der Waals surface area (Å²) in [6.07, 6.45) is -3.33. The van der Waals surface area contributed by atoms with E-state index in [0.717, 1.165) is 6.20 Å². The molecule has 1 heterocycles. The minimum atomic E-state index is -4.47. The van der Waals surface area contributed by atoms with Crippen molar-refractivity contribution >= 4 is 12.6 Å². The Morgan fingerprint density at radius 1 is 0.941 bits per heavy atom. The summed E-state index contributed by atoms with van der Waals surface area (Å²) in [5.74, 6) is 0. The SMILES string of the molecule is FC(F)(F)c1ncccc1-c1ccccc1S. The van der Waals surface area contributed by atoms with Crippen LogP contribution in [0.1, 0.15) is 5.69 Å². The first-order valence-electron chi connectivity index (χ1n) is 4.81. The minimum absolute atomic E-state index is 0.0469. The maximum atomic E-state index is 12.8. The van der Waals surface area contributed by atoms with E-state index in [1.54, 1.807) is 24.3 Å². The van der Waals surface area contributed by atoms with Crippen molar-refractivity contribution < 1.29 is 13.2 Å². The molecular formula is C12H8F3NS. The van der Waals surface area contributed by atoms with Crippen molar-refractivity contribution in [2.45, 2.75) is 11.1 Å². The highest BCUT2D eigenvalue weighted by atomic mass is 32.1. The van der Waals surface area contributed by atoms with E-state index in [0.29, 0.717) is 10.5 Å². The van der Waals surface area contributed by atoms with Crippen LogP contribution in [0.25, 0.3) is 11.1 Å². The van der Waals surface area contributed by atoms with Crippen LogP contribution in [-0.4, -0.2) is 4.98 Å². The molecule has 0 amide bonds. The van der Waals surface area contributed by atoms with Gasteiger partial charge in [-0.2, -0.15) is 13.2 Å². The molecule has 0 aliphatic rings. The molecule has 0 saturated heterocycles. The molecule has 0 N–H and O–H groups in total. The fraction of sp³-hybridized carbons (Fsp3) is 0.0833. The van der Waals surface area contributed by atoms with Gasteiger partial charge in [0.1, 0.15) is 0 Å². The smallest absolute Gasteiger partial charge is 0.251 e. The molecule has 0 fully saturated rings. The van der Waals surface area contributed by atoms with Crippen LogP contribution >= 0.6 is 12.6 Å². The lowest BCUT2D eigenvalue weighted by molar-refractivity contribution is -0.140. The molecule has 0 bridgehead atoms. The Bertz CT molecular complexity index is 537. The van der Waals surface area contributed by atoms with Crippen LogP contribution in [0, 0.1) is 0 Å². The Hall–Kier alpha value is -1.49. The zero-order valence-corrected chi connectivity index (χ0v) is 9.46. The second-order valence-electron chi connectivity index (χ2n) is 3.41. The van der Waals surface area contributed by atoms with Crippen molar-refractivity contribution in [3.05, 3.63) is 48.3 Å². The number of benzene rings is 1. The summed E-state index contributed by atoms with van der Waals surface area (Å²) in [4.78, 5) is 3.90. The largest absolute Gasteiger partial charge is 0.433 e. The Morgan fingerprint density at radius 3 is 2.24 bits per heavy atom. The molecule has 2 rings (SSSR count). The summed E-state index contributed by atoms with van der Waals surface area (Å²) in [7, 11) is 0. The number of hydrogen-bond donors (Lipinski definition) is 1. The van der Waals surface area contributed by atoms with Crippen LogP contribution in [-0.2, 0) is 6.18 Å². The van der Waals surface area contributed by atoms with E-state index in [1.165, 1.54) is 12.1 Å². The summed E-state index contributed by atoms with van der Waals surface area (Å²) in [6, 6.07) is 9.49. The summed E-state index contributed by atoms with van der Waals surface area (Å²) < 4.78 is 38.3. The monoisotopic (exact) mass is 255 g/mol. The first kappa shape index (κ1) is 12.0. The Morgan fingerprint density at radius 2 is 1.59 bits per heavy atom. The number of pyridine rings is 1. The zero-order valence-electron chi connectivity index (χ0n) is 8.57. The van der Waals surface area contributed by atoms with Crippen molar-refractivity contribution in [3.63, 3.8) is 0 Å². The number of aromatic nitrogens is 1. The predicted octanol–water partition coefficient (Wildman–Crippen LogP) is 4.06. The average molecular weight is 255 g/mol. The summed E-state index contributed by atoms with van der Waals surface area (Å²) in [5.41, 5.74) is -0.414. The lowest BCUT2D eigenvalue weighted by atomic mass is 10.0. The lowest BCUT2D eigenvalue weighted by Gasteiger charge is -2.12. The van der Waals surface area contributed by atoms with Crippen molar-refractivity contribution in [2.75, 3.05) is 0 Å². The Labute approximate surface area is 102 Å². The molecule has 5 heteroatoms. The van der Waals surface area contributed by atoms with Crippen LogP contribution in [0.3, 0.4) is 0 Å². The number of rotatable bonds is 1. The van der Waals surface area contributed by atoms with Gasteiger partial charge in [0.2, 0.25) is 0 Å². The van der Waals surface area contributed by atoms with Crippen LogP contribution in [0.4, 0.5) is 13.2 Å². The fourth-order valence-electron chi connectivity index (χ4n) is 1.55. The number of halogens is 3. The second-order valence-corrected chi connectivity index (χ2v) is 3.90. The van der Waals surface area contributed by atoms with E-state index < -0.39 is 11.9 Å². The maximum Gasteiger partial charge on any atom is 0.433 e. The van der Waals surface area contributed by atoms with Gasteiger partial charge in [-0.1, -0.05) is 24.3 Å². The van der Waals surface area contributed by atoms with Crippen molar-refractivity contribution in [1.29, 1.82) is 0 Å². The quantitative estimate of drug-likeness (QED) is 0.758. The number of thiol groups is 1. The van der Waals surface area contributed by atoms with Gasteiger partial charge < -0.3 is 0 Å². The molecule has 0 aliphatic carbocycles. The maximum absolute atomic E-state index is 12.8. The van der Waals surface area contributed by atoms with Gasteiger partial charge in [-0.25, -0.2) is 0 Å². The topological polar surface area (TPSA) is 12.9 Å². The van der Waals surface area contributed by atoms with Gasteiger partial charge in [-0.15, -0.1) is 12.6 Å². The Balaban J connectivity index is 2.65. The molecule has 2 aromatic rings. The molecular weight excluding hydrogens is 247 g/mol. The molecule has 0 saturated carbocycles. The first-order chi connectivity index (χ1) is 8.00. The molecule has 1 aromatic heterocycles. The molecule has 0 atom stereocenters. The number of hydrogen-bond acceptors (Lipinski definition) is 2. The van der Waals surface area contributed by atoms with Crippen LogP contribution in [0.5, 0.6) is 0 Å². The van der Waals surface area contributed by atoms with Gasteiger partial charge in [0.25, 0.3) is 0 Å². The van der Waals surface area contributed by atoms with Gasteiger partial charge in [0.05, 0.1) is 0 Å². The van der Waals surface area contributed by atoms with Gasteiger partial charge in [-0.05, 0) is 17.7 Å². The highest BCUT2D eigenvalue weighted by molar-refractivity contribution is 7.80. The third-order valence-corrected chi connectivity index (χ3v) is 2.66. The standard InChI is InChI=1S/C12H8F3NS/c13-12(14,15)11-9(5-3-7-16-11)8-4-1-2-6-10(8)17/h1-7,17H. The second kappa shape index (κ2) is 4.41. The van der Waals surface area contributed by atoms with Gasteiger partial charge in [0.15, 0.2) is 5.69 Å². The Kier molecular flexibility index (Phi) is 3.11. The lowest BCUT2D eigenvalue weighted by Crippen LogP contribution is -2.09. The van der Waals surface area contributed by atoms with E-state index in [9.17, 15) is 13.2 Å².